The second-order valence-corrected chi connectivity index (χ2v) is 4.32. The summed E-state index contributed by atoms with van der Waals surface area (Å²) in [4.78, 5) is 0. The zero-order valence-corrected chi connectivity index (χ0v) is 10.9. The normalized spacial score (nSPS) is 12.7. The van der Waals surface area contributed by atoms with Crippen LogP contribution < -0.4 is 5.32 Å². The topological polar surface area (TPSA) is 55.6 Å². The summed E-state index contributed by atoms with van der Waals surface area (Å²) < 4.78 is 1.58. The summed E-state index contributed by atoms with van der Waals surface area (Å²) >= 11 is 12.1. The molecule has 0 saturated carbocycles. The van der Waals surface area contributed by atoms with Gasteiger partial charge in [-0.1, -0.05) is 29.3 Å². The van der Waals surface area contributed by atoms with Crippen LogP contribution in [-0.4, -0.2) is 27.3 Å². The summed E-state index contributed by atoms with van der Waals surface area (Å²) in [6.45, 7) is 1.96. The number of hydrogen-bond acceptors (Lipinski definition) is 4. The Morgan fingerprint density at radius 1 is 1.35 bits per heavy atom. The molecule has 0 saturated heterocycles. The van der Waals surface area contributed by atoms with Gasteiger partial charge in [-0.2, -0.15) is 4.68 Å². The molecule has 0 aliphatic carbocycles. The van der Waals surface area contributed by atoms with Crippen molar-refractivity contribution in [1.29, 1.82) is 0 Å². The fourth-order valence-corrected chi connectivity index (χ4v) is 1.80. The maximum Gasteiger partial charge on any atom is 0.173 e. The number of halogens is 2. The van der Waals surface area contributed by atoms with Crippen LogP contribution in [0.3, 0.4) is 0 Å². The first kappa shape index (κ1) is 12.3. The van der Waals surface area contributed by atoms with E-state index in [4.69, 9.17) is 23.2 Å². The number of tetrazole rings is 1. The molecular formula is C10H11Cl2N5. The molecule has 2 aromatic rings. The highest BCUT2D eigenvalue weighted by Crippen LogP contribution is 2.28. The van der Waals surface area contributed by atoms with Gasteiger partial charge in [0.2, 0.25) is 0 Å². The molecule has 0 bridgehead atoms. The Labute approximate surface area is 109 Å². The molecule has 0 radical (unpaired) electrons. The number of rotatable bonds is 3. The lowest BCUT2D eigenvalue weighted by molar-refractivity contribution is 0.589. The summed E-state index contributed by atoms with van der Waals surface area (Å²) in [6.07, 6.45) is 0. The van der Waals surface area contributed by atoms with E-state index >= 15 is 0 Å². The van der Waals surface area contributed by atoms with E-state index in [2.05, 4.69) is 20.8 Å². The van der Waals surface area contributed by atoms with Crippen molar-refractivity contribution in [3.63, 3.8) is 0 Å². The van der Waals surface area contributed by atoms with Crippen molar-refractivity contribution in [3.05, 3.63) is 34.1 Å². The number of nitrogens with zero attached hydrogens (tertiary/aromatic N) is 4. The molecule has 0 fully saturated rings. The Hall–Kier alpha value is -1.17. The molecular weight excluding hydrogens is 261 g/mol. The molecule has 5 nitrogen and oxygen atoms in total. The van der Waals surface area contributed by atoms with Gasteiger partial charge in [-0.3, -0.25) is 0 Å². The first-order valence-corrected chi connectivity index (χ1v) is 5.80. The van der Waals surface area contributed by atoms with E-state index in [-0.39, 0.29) is 6.04 Å². The van der Waals surface area contributed by atoms with Gasteiger partial charge in [0.1, 0.15) is 0 Å². The first-order valence-electron chi connectivity index (χ1n) is 5.05. The molecule has 1 aromatic heterocycles. The zero-order valence-electron chi connectivity index (χ0n) is 9.35. The minimum Gasteiger partial charge on any atom is -0.311 e. The molecule has 1 heterocycles. The molecule has 17 heavy (non-hydrogen) atoms. The Balaban J connectivity index is 2.54. The van der Waals surface area contributed by atoms with Crippen molar-refractivity contribution in [2.75, 3.05) is 7.05 Å². The third kappa shape index (κ3) is 2.26. The highest BCUT2D eigenvalue weighted by molar-refractivity contribution is 6.43. The smallest absolute Gasteiger partial charge is 0.173 e. The molecule has 0 aliphatic heterocycles. The van der Waals surface area contributed by atoms with E-state index in [1.165, 1.54) is 0 Å². The number of hydrogen-bond donors (Lipinski definition) is 1. The van der Waals surface area contributed by atoms with Crippen LogP contribution in [0.4, 0.5) is 0 Å². The van der Waals surface area contributed by atoms with Crippen molar-refractivity contribution >= 4 is 23.2 Å². The predicted molar refractivity (Wildman–Crippen MR) is 66.6 cm³/mol. The molecule has 0 spiro atoms. The maximum absolute atomic E-state index is 6.14. The quantitative estimate of drug-likeness (QED) is 0.931. The number of aromatic nitrogens is 4. The zero-order chi connectivity index (χ0) is 12.4. The highest BCUT2D eigenvalue weighted by Gasteiger charge is 2.16. The predicted octanol–water partition coefficient (Wildman–Crippen LogP) is 2.25. The van der Waals surface area contributed by atoms with Gasteiger partial charge < -0.3 is 5.32 Å². The Kier molecular flexibility index (Phi) is 3.61. The van der Waals surface area contributed by atoms with Gasteiger partial charge in [0, 0.05) is 0 Å². The second-order valence-electron chi connectivity index (χ2n) is 3.53. The van der Waals surface area contributed by atoms with Crippen LogP contribution in [-0.2, 0) is 0 Å². The lowest BCUT2D eigenvalue weighted by Crippen LogP contribution is -2.18. The summed E-state index contributed by atoms with van der Waals surface area (Å²) in [5.41, 5.74) is 0.668. The average Bonchev–Trinajstić information content (AvgIpc) is 2.80. The van der Waals surface area contributed by atoms with E-state index in [1.807, 2.05) is 20.0 Å². The fourth-order valence-electron chi connectivity index (χ4n) is 1.42. The third-order valence-electron chi connectivity index (χ3n) is 2.47. The van der Waals surface area contributed by atoms with Crippen LogP contribution in [0.1, 0.15) is 18.8 Å². The number of benzene rings is 1. The van der Waals surface area contributed by atoms with Gasteiger partial charge in [-0.15, -0.1) is 5.10 Å². The molecule has 90 valence electrons. The van der Waals surface area contributed by atoms with Crippen molar-refractivity contribution in [3.8, 4) is 5.69 Å². The second kappa shape index (κ2) is 5.00. The van der Waals surface area contributed by atoms with Gasteiger partial charge in [0.15, 0.2) is 5.82 Å². The minimum atomic E-state index is 0.0139. The van der Waals surface area contributed by atoms with E-state index in [0.717, 1.165) is 0 Å². The molecule has 1 N–H and O–H groups in total. The van der Waals surface area contributed by atoms with Crippen LogP contribution >= 0.6 is 23.2 Å². The lowest BCUT2D eigenvalue weighted by atomic mass is 10.3. The lowest BCUT2D eigenvalue weighted by Gasteiger charge is -2.11. The molecule has 1 unspecified atom stereocenters. The first-order chi connectivity index (χ1) is 8.15. The van der Waals surface area contributed by atoms with Crippen molar-refractivity contribution in [1.82, 2.24) is 25.5 Å². The third-order valence-corrected chi connectivity index (χ3v) is 3.28. The van der Waals surface area contributed by atoms with Gasteiger partial charge in [-0.25, -0.2) is 0 Å². The average molecular weight is 272 g/mol. The Morgan fingerprint density at radius 3 is 2.82 bits per heavy atom. The largest absolute Gasteiger partial charge is 0.311 e. The van der Waals surface area contributed by atoms with Gasteiger partial charge >= 0.3 is 0 Å². The van der Waals surface area contributed by atoms with Gasteiger partial charge in [0.25, 0.3) is 0 Å². The summed E-state index contributed by atoms with van der Waals surface area (Å²) in [5.74, 6) is 0.677. The SMILES string of the molecule is CNC(C)c1nnnn1-c1cccc(Cl)c1Cl. The van der Waals surface area contributed by atoms with Crippen molar-refractivity contribution < 1.29 is 0 Å². The van der Waals surface area contributed by atoms with E-state index < -0.39 is 0 Å². The van der Waals surface area contributed by atoms with Gasteiger partial charge in [-0.05, 0) is 36.5 Å². The fraction of sp³-hybridized carbons (Fsp3) is 0.300. The molecule has 1 aromatic carbocycles. The monoisotopic (exact) mass is 271 g/mol. The van der Waals surface area contributed by atoms with Crippen LogP contribution in [0, 0.1) is 0 Å². The van der Waals surface area contributed by atoms with Crippen molar-refractivity contribution in [2.45, 2.75) is 13.0 Å². The molecule has 0 aliphatic rings. The summed E-state index contributed by atoms with van der Waals surface area (Å²) in [7, 11) is 1.84. The molecule has 2 rings (SSSR count). The van der Waals surface area contributed by atoms with E-state index in [1.54, 1.807) is 16.8 Å². The standard InChI is InChI=1S/C10H11Cl2N5/c1-6(13-2)10-14-15-16-17(10)8-5-3-4-7(11)9(8)12/h3-6,13H,1-2H3. The molecule has 1 atom stereocenters. The molecule has 7 heteroatoms. The molecule has 0 amide bonds. The van der Waals surface area contributed by atoms with E-state index in [0.29, 0.717) is 21.6 Å². The van der Waals surface area contributed by atoms with E-state index in [9.17, 15) is 0 Å². The number of nitrogens with one attached hydrogen (secondary N) is 1. The van der Waals surface area contributed by atoms with Crippen LogP contribution in [0.25, 0.3) is 5.69 Å². The summed E-state index contributed by atoms with van der Waals surface area (Å²) in [6, 6.07) is 5.36. The van der Waals surface area contributed by atoms with Crippen LogP contribution in [0.5, 0.6) is 0 Å². The van der Waals surface area contributed by atoms with Gasteiger partial charge in [0.05, 0.1) is 21.8 Å². The Morgan fingerprint density at radius 2 is 2.12 bits per heavy atom. The maximum atomic E-state index is 6.14. The van der Waals surface area contributed by atoms with Crippen LogP contribution in [0.15, 0.2) is 18.2 Å². The van der Waals surface area contributed by atoms with Crippen LogP contribution in [0.2, 0.25) is 10.0 Å². The van der Waals surface area contributed by atoms with Crippen molar-refractivity contribution in [2.24, 2.45) is 0 Å². The minimum absolute atomic E-state index is 0.0139. The Bertz CT molecular complexity index is 525. The highest BCUT2D eigenvalue weighted by atomic mass is 35.5. The summed E-state index contributed by atoms with van der Waals surface area (Å²) in [5, 5.41) is 15.5.